The fourth-order valence-corrected chi connectivity index (χ4v) is 7.03. The number of rotatable bonds is 4. The average molecular weight is 471 g/mol. The number of nitrogens with one attached hydrogen (secondary N) is 3. The molecule has 0 aliphatic heterocycles. The van der Waals surface area contributed by atoms with Crippen LogP contribution in [0.15, 0.2) is 10.9 Å². The van der Waals surface area contributed by atoms with E-state index in [1.165, 1.54) is 45.9 Å². The highest BCUT2D eigenvalue weighted by Gasteiger charge is 2.21. The number of aromatic amines is 1. The largest absolute Gasteiger partial charge is 0.310 e. The van der Waals surface area contributed by atoms with E-state index in [1.807, 2.05) is 6.07 Å². The lowest BCUT2D eigenvalue weighted by molar-refractivity contribution is -0.121. The van der Waals surface area contributed by atoms with Crippen molar-refractivity contribution in [1.82, 2.24) is 20.8 Å². The van der Waals surface area contributed by atoms with Crippen LogP contribution >= 0.6 is 22.7 Å². The first kappa shape index (κ1) is 21.3. The molecule has 3 heterocycles. The lowest BCUT2D eigenvalue weighted by Gasteiger charge is -2.07. The summed E-state index contributed by atoms with van der Waals surface area (Å²) in [5.41, 5.74) is 7.32. The molecule has 0 unspecified atom stereocenters. The molecule has 0 bridgehead atoms. The van der Waals surface area contributed by atoms with E-state index in [2.05, 4.69) is 20.8 Å². The normalized spacial score (nSPS) is 15.6. The van der Waals surface area contributed by atoms with Crippen LogP contribution in [-0.4, -0.2) is 21.8 Å². The second-order valence-corrected chi connectivity index (χ2v) is 10.7. The first-order valence-corrected chi connectivity index (χ1v) is 13.0. The Kier molecular flexibility index (Phi) is 6.10. The van der Waals surface area contributed by atoms with Crippen molar-refractivity contribution in [2.75, 3.05) is 0 Å². The molecule has 2 aliphatic rings. The highest BCUT2D eigenvalue weighted by molar-refractivity contribution is 7.18. The molecule has 168 valence electrons. The Balaban J connectivity index is 1.17. The number of aryl methyl sites for hydroxylation is 5. The van der Waals surface area contributed by atoms with Gasteiger partial charge in [-0.15, -0.1) is 22.7 Å². The molecule has 0 aromatic carbocycles. The number of hydrogen-bond acceptors (Lipinski definition) is 6. The molecule has 3 N–H and O–H groups in total. The third kappa shape index (κ3) is 4.36. The fourth-order valence-electron chi connectivity index (χ4n) is 4.60. The van der Waals surface area contributed by atoms with Gasteiger partial charge in [0.1, 0.15) is 10.7 Å². The standard InChI is InChI=1S/C23H26N4O3S2/c28-19(26-27-21(29)17-12-13-6-3-1-2-4-8-15(13)31-17)11-10-18-24-22(30)20-14-7-5-9-16(14)32-23(20)25-18/h12H,1-11H2,(H,26,28)(H,27,29)(H,24,25,30). The molecule has 3 aromatic rings. The molecule has 7 nitrogen and oxygen atoms in total. The molecular formula is C23H26N4O3S2. The van der Waals surface area contributed by atoms with Gasteiger partial charge in [0, 0.05) is 22.6 Å². The molecule has 5 rings (SSSR count). The van der Waals surface area contributed by atoms with Crippen molar-refractivity contribution in [3.05, 3.63) is 48.0 Å². The maximum Gasteiger partial charge on any atom is 0.279 e. The molecule has 0 spiro atoms. The number of thiophene rings is 2. The zero-order valence-electron chi connectivity index (χ0n) is 17.8. The summed E-state index contributed by atoms with van der Waals surface area (Å²) >= 11 is 3.12. The predicted molar refractivity (Wildman–Crippen MR) is 126 cm³/mol. The molecule has 0 saturated heterocycles. The quantitative estimate of drug-likeness (QED) is 0.507. The summed E-state index contributed by atoms with van der Waals surface area (Å²) in [5, 5.41) is 0.716. The van der Waals surface area contributed by atoms with Crippen LogP contribution in [-0.2, 0) is 36.9 Å². The number of H-pyrrole nitrogens is 1. The topological polar surface area (TPSA) is 104 Å². The molecule has 0 atom stereocenters. The Morgan fingerprint density at radius 2 is 1.78 bits per heavy atom. The van der Waals surface area contributed by atoms with Crippen molar-refractivity contribution in [3.63, 3.8) is 0 Å². The van der Waals surface area contributed by atoms with Crippen molar-refractivity contribution in [1.29, 1.82) is 0 Å². The van der Waals surface area contributed by atoms with Crippen LogP contribution in [0.3, 0.4) is 0 Å². The van der Waals surface area contributed by atoms with E-state index in [-0.39, 0.29) is 23.8 Å². The molecular weight excluding hydrogens is 444 g/mol. The SMILES string of the molecule is O=C(CCc1nc2sc3c(c2c(=O)[nH]1)CCC3)NNC(=O)c1cc2c(s1)CCCCCC2. The maximum absolute atomic E-state index is 12.5. The summed E-state index contributed by atoms with van der Waals surface area (Å²) in [6, 6.07) is 1.97. The summed E-state index contributed by atoms with van der Waals surface area (Å²) in [7, 11) is 0. The van der Waals surface area contributed by atoms with Gasteiger partial charge in [0.25, 0.3) is 11.5 Å². The van der Waals surface area contributed by atoms with Crippen molar-refractivity contribution in [2.24, 2.45) is 0 Å². The number of nitrogens with zero attached hydrogens (tertiary/aromatic N) is 1. The van der Waals surface area contributed by atoms with Crippen LogP contribution in [0.25, 0.3) is 10.2 Å². The van der Waals surface area contributed by atoms with Crippen molar-refractivity contribution in [3.8, 4) is 0 Å². The Labute approximate surface area is 193 Å². The van der Waals surface area contributed by atoms with Gasteiger partial charge in [-0.3, -0.25) is 25.2 Å². The van der Waals surface area contributed by atoms with Crippen LogP contribution < -0.4 is 16.4 Å². The molecule has 2 aliphatic carbocycles. The predicted octanol–water partition coefficient (Wildman–Crippen LogP) is 3.59. The van der Waals surface area contributed by atoms with Gasteiger partial charge < -0.3 is 4.98 Å². The third-order valence-electron chi connectivity index (χ3n) is 6.25. The van der Waals surface area contributed by atoms with Crippen LogP contribution in [0.2, 0.25) is 0 Å². The number of carbonyl (C=O) groups excluding carboxylic acids is 2. The summed E-state index contributed by atoms with van der Waals surface area (Å²) in [5.74, 6) is -0.0946. The number of hydrogen-bond donors (Lipinski definition) is 3. The third-order valence-corrected chi connectivity index (χ3v) is 8.67. The molecule has 9 heteroatoms. The Morgan fingerprint density at radius 1 is 0.969 bits per heavy atom. The minimum absolute atomic E-state index is 0.119. The second-order valence-electron chi connectivity index (χ2n) is 8.53. The van der Waals surface area contributed by atoms with E-state index in [1.54, 1.807) is 11.3 Å². The number of aromatic nitrogens is 2. The lowest BCUT2D eigenvalue weighted by Crippen LogP contribution is -2.41. The first-order valence-electron chi connectivity index (χ1n) is 11.3. The van der Waals surface area contributed by atoms with E-state index < -0.39 is 0 Å². The Hall–Kier alpha value is -2.52. The van der Waals surface area contributed by atoms with Gasteiger partial charge in [0.05, 0.1) is 10.3 Å². The van der Waals surface area contributed by atoms with Crippen LogP contribution in [0.5, 0.6) is 0 Å². The molecule has 0 fully saturated rings. The summed E-state index contributed by atoms with van der Waals surface area (Å²) in [6.07, 6.45) is 10.4. The zero-order valence-corrected chi connectivity index (χ0v) is 19.5. The van der Waals surface area contributed by atoms with Crippen LogP contribution in [0.4, 0.5) is 0 Å². The monoisotopic (exact) mass is 470 g/mol. The Bertz CT molecular complexity index is 1210. The fraction of sp³-hybridized carbons (Fsp3) is 0.478. The van der Waals surface area contributed by atoms with Crippen molar-refractivity contribution < 1.29 is 9.59 Å². The van der Waals surface area contributed by atoms with Gasteiger partial charge in [-0.05, 0) is 62.1 Å². The summed E-state index contributed by atoms with van der Waals surface area (Å²) in [6.45, 7) is 0. The van der Waals surface area contributed by atoms with E-state index in [0.29, 0.717) is 22.5 Å². The van der Waals surface area contributed by atoms with Gasteiger partial charge in [-0.25, -0.2) is 4.98 Å². The Morgan fingerprint density at radius 3 is 2.66 bits per heavy atom. The van der Waals surface area contributed by atoms with Crippen LogP contribution in [0, 0.1) is 0 Å². The van der Waals surface area contributed by atoms with E-state index in [9.17, 15) is 14.4 Å². The van der Waals surface area contributed by atoms with Gasteiger partial charge in [-0.1, -0.05) is 12.8 Å². The molecule has 0 radical (unpaired) electrons. The van der Waals surface area contributed by atoms with E-state index in [0.717, 1.165) is 48.9 Å². The molecule has 3 aromatic heterocycles. The zero-order chi connectivity index (χ0) is 22.1. The highest BCUT2D eigenvalue weighted by atomic mass is 32.1. The summed E-state index contributed by atoms with van der Waals surface area (Å²) < 4.78 is 0. The second kappa shape index (κ2) is 9.15. The minimum atomic E-state index is -0.315. The van der Waals surface area contributed by atoms with Gasteiger partial charge in [0.2, 0.25) is 5.91 Å². The first-order chi connectivity index (χ1) is 15.6. The summed E-state index contributed by atoms with van der Waals surface area (Å²) in [4.78, 5) is 48.6. The number of amides is 2. The van der Waals surface area contributed by atoms with Crippen molar-refractivity contribution >= 4 is 44.7 Å². The molecule has 32 heavy (non-hydrogen) atoms. The van der Waals surface area contributed by atoms with E-state index in [4.69, 9.17) is 0 Å². The molecule has 2 amide bonds. The van der Waals surface area contributed by atoms with Crippen molar-refractivity contribution in [2.45, 2.75) is 70.6 Å². The van der Waals surface area contributed by atoms with Gasteiger partial charge in [-0.2, -0.15) is 0 Å². The number of fused-ring (bicyclic) bond motifs is 4. The maximum atomic E-state index is 12.5. The molecule has 0 saturated carbocycles. The van der Waals surface area contributed by atoms with Gasteiger partial charge >= 0.3 is 0 Å². The minimum Gasteiger partial charge on any atom is -0.310 e. The smallest absolute Gasteiger partial charge is 0.279 e. The number of hydrazine groups is 1. The van der Waals surface area contributed by atoms with Gasteiger partial charge in [0.15, 0.2) is 0 Å². The van der Waals surface area contributed by atoms with Crippen LogP contribution in [0.1, 0.15) is 74.9 Å². The lowest BCUT2D eigenvalue weighted by atomic mass is 10.00. The van der Waals surface area contributed by atoms with E-state index >= 15 is 0 Å². The number of carbonyl (C=O) groups is 2. The highest BCUT2D eigenvalue weighted by Crippen LogP contribution is 2.34. The average Bonchev–Trinajstić information content (AvgIpc) is 3.45.